The summed E-state index contributed by atoms with van der Waals surface area (Å²) < 4.78 is 4.91. The average Bonchev–Trinajstić information content (AvgIpc) is 2.40. The Bertz CT molecular complexity index is 268. The van der Waals surface area contributed by atoms with Gasteiger partial charge in [-0.05, 0) is 31.8 Å². The molecule has 2 rings (SSSR count). The van der Waals surface area contributed by atoms with Crippen LogP contribution in [0.3, 0.4) is 0 Å². The molecule has 0 saturated carbocycles. The molecular formula is C14H21NO2. The third-order valence-electron chi connectivity index (χ3n) is 2.65. The molecule has 0 aromatic heterocycles. The van der Waals surface area contributed by atoms with Crippen molar-refractivity contribution in [3.63, 3.8) is 0 Å². The highest BCUT2D eigenvalue weighted by Crippen LogP contribution is 2.11. The molecule has 0 atom stereocenters. The van der Waals surface area contributed by atoms with E-state index in [4.69, 9.17) is 4.74 Å². The largest absolute Gasteiger partial charge is 0.466 e. The lowest BCUT2D eigenvalue weighted by Crippen LogP contribution is -2.30. The van der Waals surface area contributed by atoms with Crippen molar-refractivity contribution >= 4 is 5.97 Å². The second kappa shape index (κ2) is 8.76. The molecule has 0 radical (unpaired) electrons. The van der Waals surface area contributed by atoms with Crippen molar-refractivity contribution in [2.24, 2.45) is 5.92 Å². The van der Waals surface area contributed by atoms with Crippen LogP contribution in [0.5, 0.6) is 0 Å². The summed E-state index contributed by atoms with van der Waals surface area (Å²) in [5.74, 6) is 0.420. The second-order valence-corrected chi connectivity index (χ2v) is 4.15. The summed E-state index contributed by atoms with van der Waals surface area (Å²) >= 11 is 0. The van der Waals surface area contributed by atoms with Gasteiger partial charge in [-0.3, -0.25) is 4.79 Å². The Labute approximate surface area is 103 Å². The number of rotatable bonds is 2. The van der Waals surface area contributed by atoms with Crippen molar-refractivity contribution in [2.75, 3.05) is 19.7 Å². The van der Waals surface area contributed by atoms with E-state index < -0.39 is 0 Å². The topological polar surface area (TPSA) is 38.3 Å². The van der Waals surface area contributed by atoms with Gasteiger partial charge >= 0.3 is 5.97 Å². The smallest absolute Gasteiger partial charge is 0.302 e. The third-order valence-corrected chi connectivity index (χ3v) is 2.65. The fourth-order valence-electron chi connectivity index (χ4n) is 1.67. The number of carbonyl (C=O) groups excluding carboxylic acids is 1. The quantitative estimate of drug-likeness (QED) is 0.799. The normalized spacial score (nSPS) is 15.6. The van der Waals surface area contributed by atoms with Crippen molar-refractivity contribution in [1.82, 2.24) is 5.32 Å². The van der Waals surface area contributed by atoms with Gasteiger partial charge in [-0.1, -0.05) is 36.4 Å². The molecule has 1 N–H and O–H groups in total. The lowest BCUT2D eigenvalue weighted by molar-refractivity contribution is -0.142. The second-order valence-electron chi connectivity index (χ2n) is 4.15. The molecule has 1 aliphatic rings. The molecular weight excluding hydrogens is 214 g/mol. The SMILES string of the molecule is CC(=O)OCC1CCNCC1.c1ccccc1. The van der Waals surface area contributed by atoms with E-state index >= 15 is 0 Å². The van der Waals surface area contributed by atoms with E-state index in [1.807, 2.05) is 36.4 Å². The Balaban J connectivity index is 0.000000202. The minimum Gasteiger partial charge on any atom is -0.466 e. The third kappa shape index (κ3) is 7.53. The van der Waals surface area contributed by atoms with E-state index in [1.165, 1.54) is 6.92 Å². The zero-order valence-corrected chi connectivity index (χ0v) is 10.4. The number of hydrogen-bond donors (Lipinski definition) is 1. The molecule has 3 heteroatoms. The summed E-state index contributed by atoms with van der Waals surface area (Å²) in [6.45, 7) is 4.19. The first-order valence-electron chi connectivity index (χ1n) is 6.13. The first kappa shape index (κ1) is 13.7. The van der Waals surface area contributed by atoms with Crippen LogP contribution in [-0.4, -0.2) is 25.7 Å². The number of hydrogen-bond acceptors (Lipinski definition) is 3. The zero-order valence-electron chi connectivity index (χ0n) is 10.4. The highest BCUT2D eigenvalue weighted by atomic mass is 16.5. The summed E-state index contributed by atoms with van der Waals surface area (Å²) in [5, 5.41) is 3.26. The molecule has 0 aliphatic carbocycles. The maximum atomic E-state index is 10.4. The van der Waals surface area contributed by atoms with Crippen LogP contribution in [-0.2, 0) is 9.53 Å². The van der Waals surface area contributed by atoms with Crippen LogP contribution in [0.15, 0.2) is 36.4 Å². The fraction of sp³-hybridized carbons (Fsp3) is 0.500. The van der Waals surface area contributed by atoms with Crippen molar-refractivity contribution in [3.8, 4) is 0 Å². The Morgan fingerprint density at radius 3 is 2.00 bits per heavy atom. The Morgan fingerprint density at radius 1 is 1.12 bits per heavy atom. The molecule has 1 aliphatic heterocycles. The number of esters is 1. The minimum absolute atomic E-state index is 0.163. The van der Waals surface area contributed by atoms with Crippen LogP contribution >= 0.6 is 0 Å². The lowest BCUT2D eigenvalue weighted by Gasteiger charge is -2.21. The van der Waals surface area contributed by atoms with Gasteiger partial charge in [-0.15, -0.1) is 0 Å². The van der Waals surface area contributed by atoms with E-state index in [0.29, 0.717) is 12.5 Å². The predicted octanol–water partition coefficient (Wildman–Crippen LogP) is 2.24. The molecule has 3 nitrogen and oxygen atoms in total. The van der Waals surface area contributed by atoms with E-state index in [9.17, 15) is 4.79 Å². The number of ether oxygens (including phenoxy) is 1. The standard InChI is InChI=1S/C8H15NO2.C6H6/c1-7(10)11-6-8-2-4-9-5-3-8;1-2-4-6-5-3-1/h8-9H,2-6H2,1H3;1-6H. The molecule has 1 aromatic carbocycles. The predicted molar refractivity (Wildman–Crippen MR) is 68.7 cm³/mol. The van der Waals surface area contributed by atoms with Gasteiger partial charge in [-0.25, -0.2) is 0 Å². The summed E-state index contributed by atoms with van der Waals surface area (Å²) in [5.41, 5.74) is 0. The first-order valence-corrected chi connectivity index (χ1v) is 6.13. The molecule has 0 amide bonds. The van der Waals surface area contributed by atoms with Gasteiger partial charge in [-0.2, -0.15) is 0 Å². The number of piperidine rings is 1. The summed E-state index contributed by atoms with van der Waals surface area (Å²) in [6.07, 6.45) is 2.26. The lowest BCUT2D eigenvalue weighted by atomic mass is 9.99. The summed E-state index contributed by atoms with van der Waals surface area (Å²) in [7, 11) is 0. The van der Waals surface area contributed by atoms with Gasteiger partial charge in [0.25, 0.3) is 0 Å². The maximum absolute atomic E-state index is 10.4. The molecule has 1 fully saturated rings. The average molecular weight is 235 g/mol. The molecule has 17 heavy (non-hydrogen) atoms. The fourth-order valence-corrected chi connectivity index (χ4v) is 1.67. The molecule has 1 saturated heterocycles. The highest BCUT2D eigenvalue weighted by molar-refractivity contribution is 5.65. The van der Waals surface area contributed by atoms with Gasteiger partial charge < -0.3 is 10.1 Å². The highest BCUT2D eigenvalue weighted by Gasteiger charge is 2.13. The van der Waals surface area contributed by atoms with Crippen LogP contribution in [0, 0.1) is 5.92 Å². The van der Waals surface area contributed by atoms with Gasteiger partial charge in [0.15, 0.2) is 0 Å². The Hall–Kier alpha value is -1.35. The van der Waals surface area contributed by atoms with E-state index in [-0.39, 0.29) is 5.97 Å². The monoisotopic (exact) mass is 235 g/mol. The maximum Gasteiger partial charge on any atom is 0.302 e. The van der Waals surface area contributed by atoms with Crippen LogP contribution in [0.1, 0.15) is 19.8 Å². The Kier molecular flexibility index (Phi) is 7.07. The van der Waals surface area contributed by atoms with Crippen molar-refractivity contribution in [2.45, 2.75) is 19.8 Å². The van der Waals surface area contributed by atoms with E-state index in [2.05, 4.69) is 5.32 Å². The molecule has 1 heterocycles. The van der Waals surface area contributed by atoms with Gasteiger partial charge in [0.1, 0.15) is 0 Å². The molecule has 0 bridgehead atoms. The minimum atomic E-state index is -0.163. The first-order chi connectivity index (χ1) is 8.29. The summed E-state index contributed by atoms with van der Waals surface area (Å²) in [4.78, 5) is 10.4. The zero-order chi connectivity index (χ0) is 12.3. The van der Waals surface area contributed by atoms with Crippen LogP contribution in [0.4, 0.5) is 0 Å². The van der Waals surface area contributed by atoms with Crippen LogP contribution in [0.25, 0.3) is 0 Å². The van der Waals surface area contributed by atoms with Crippen LogP contribution in [0.2, 0.25) is 0 Å². The van der Waals surface area contributed by atoms with Gasteiger partial charge in [0, 0.05) is 6.92 Å². The molecule has 1 aromatic rings. The molecule has 0 unspecified atom stereocenters. The summed E-state index contributed by atoms with van der Waals surface area (Å²) in [6, 6.07) is 12.0. The molecule has 0 spiro atoms. The number of benzene rings is 1. The Morgan fingerprint density at radius 2 is 1.59 bits per heavy atom. The van der Waals surface area contributed by atoms with E-state index in [1.54, 1.807) is 0 Å². The van der Waals surface area contributed by atoms with Crippen molar-refractivity contribution < 1.29 is 9.53 Å². The number of carbonyl (C=O) groups is 1. The van der Waals surface area contributed by atoms with Crippen molar-refractivity contribution in [1.29, 1.82) is 0 Å². The van der Waals surface area contributed by atoms with Crippen molar-refractivity contribution in [3.05, 3.63) is 36.4 Å². The van der Waals surface area contributed by atoms with Crippen LogP contribution < -0.4 is 5.32 Å². The van der Waals surface area contributed by atoms with Gasteiger partial charge in [0.2, 0.25) is 0 Å². The van der Waals surface area contributed by atoms with E-state index in [0.717, 1.165) is 25.9 Å². The van der Waals surface area contributed by atoms with Gasteiger partial charge in [0.05, 0.1) is 6.61 Å². The molecule has 94 valence electrons. The number of nitrogens with one attached hydrogen (secondary N) is 1.